The highest BCUT2D eigenvalue weighted by molar-refractivity contribution is 5.91. The average molecular weight is 792 g/mol. The number of aliphatic imine (C=N–C) groups is 1. The first kappa shape index (κ1) is 46.4. The van der Waals surface area contributed by atoms with Crippen molar-refractivity contribution in [2.75, 3.05) is 27.6 Å². The number of amides is 2. The third kappa shape index (κ3) is 12.5. The fraction of sp³-hybridized carbons (Fsp3) is 0.667. The van der Waals surface area contributed by atoms with Gasteiger partial charge in [-0.3, -0.25) is 19.4 Å². The largest absolute Gasteiger partial charge is 0.480 e. The summed E-state index contributed by atoms with van der Waals surface area (Å²) in [5, 5.41) is 25.7. The van der Waals surface area contributed by atoms with Crippen molar-refractivity contribution in [2.24, 2.45) is 27.8 Å². The number of nitrogens with two attached hydrogens (primary N) is 2. The summed E-state index contributed by atoms with van der Waals surface area (Å²) in [6.45, 7) is 11.9. The number of hydrogen-bond donors (Lipinski definition) is 6. The van der Waals surface area contributed by atoms with Crippen molar-refractivity contribution in [2.45, 2.75) is 127 Å². The second kappa shape index (κ2) is 21.5. The molecule has 3 aliphatic heterocycles. The van der Waals surface area contributed by atoms with E-state index in [-0.39, 0.29) is 56.4 Å². The lowest BCUT2D eigenvalue weighted by molar-refractivity contribution is -0.330. The summed E-state index contributed by atoms with van der Waals surface area (Å²) in [5.41, 5.74) is 10.7. The molecule has 17 heteroatoms. The van der Waals surface area contributed by atoms with Gasteiger partial charge in [-0.1, -0.05) is 63.3 Å². The fourth-order valence-corrected chi connectivity index (χ4v) is 7.04. The molecule has 0 aromatic rings. The van der Waals surface area contributed by atoms with Crippen molar-refractivity contribution < 1.29 is 57.8 Å². The number of carboxylic acid groups (broad SMARTS) is 1. The van der Waals surface area contributed by atoms with Crippen LogP contribution in [0.15, 0.2) is 53.6 Å². The van der Waals surface area contributed by atoms with E-state index in [0.29, 0.717) is 25.7 Å². The van der Waals surface area contributed by atoms with Crippen molar-refractivity contribution >= 4 is 29.5 Å². The molecule has 3 fully saturated rings. The second-order valence-electron chi connectivity index (χ2n) is 14.9. The molecule has 2 amide bonds. The van der Waals surface area contributed by atoms with Gasteiger partial charge in [-0.05, 0) is 32.6 Å². The topological polar surface area (TPSA) is 253 Å². The molecule has 0 aromatic heterocycles. The van der Waals surface area contributed by atoms with Crippen LogP contribution >= 0.6 is 0 Å². The Labute approximate surface area is 328 Å². The Morgan fingerprint density at radius 2 is 1.79 bits per heavy atom. The number of carbonyl (C=O) groups is 4. The van der Waals surface area contributed by atoms with E-state index in [1.807, 2.05) is 33.8 Å². The zero-order valence-electron chi connectivity index (χ0n) is 33.3. The highest BCUT2D eigenvalue weighted by Gasteiger charge is 2.57. The summed E-state index contributed by atoms with van der Waals surface area (Å²) in [5.74, 6) is -4.21. The minimum absolute atomic E-state index is 0.0114. The van der Waals surface area contributed by atoms with E-state index in [2.05, 4.69) is 22.2 Å². The van der Waals surface area contributed by atoms with Gasteiger partial charge in [0.15, 0.2) is 18.3 Å². The summed E-state index contributed by atoms with van der Waals surface area (Å²) < 4.78 is 35.7. The number of aliphatic hydroxyl groups excluding tert-OH is 1. The number of allylic oxidation sites excluding steroid dienone is 5. The van der Waals surface area contributed by atoms with E-state index >= 15 is 0 Å². The molecule has 8 N–H and O–H groups in total. The minimum atomic E-state index is -1.72. The van der Waals surface area contributed by atoms with Gasteiger partial charge in [0, 0.05) is 57.4 Å². The molecule has 0 bridgehead atoms. The Morgan fingerprint density at radius 3 is 2.43 bits per heavy atom. The lowest BCUT2D eigenvalue weighted by Crippen LogP contribution is -2.69. The average Bonchev–Trinajstić information content (AvgIpc) is 3.14. The van der Waals surface area contributed by atoms with Gasteiger partial charge in [0.1, 0.15) is 30.8 Å². The lowest BCUT2D eigenvalue weighted by atomic mass is 9.72. The van der Waals surface area contributed by atoms with E-state index in [9.17, 15) is 29.4 Å². The predicted molar refractivity (Wildman–Crippen MR) is 206 cm³/mol. The summed E-state index contributed by atoms with van der Waals surface area (Å²) in [6.07, 6.45) is 6.31. The van der Waals surface area contributed by atoms with Crippen LogP contribution in [0.1, 0.15) is 72.6 Å². The molecule has 0 radical (unpaired) electrons. The van der Waals surface area contributed by atoms with E-state index in [1.165, 1.54) is 19.3 Å². The maximum atomic E-state index is 13.5. The first-order valence-corrected chi connectivity index (χ1v) is 18.9. The molecule has 56 heavy (non-hydrogen) atoms. The van der Waals surface area contributed by atoms with Crippen LogP contribution in [0.5, 0.6) is 0 Å². The van der Waals surface area contributed by atoms with Gasteiger partial charge in [-0.25, -0.2) is 4.79 Å². The molecule has 3 rings (SSSR count). The molecule has 0 spiro atoms. The molecule has 3 saturated heterocycles. The molecule has 0 aliphatic carbocycles. The predicted octanol–water partition coefficient (Wildman–Crippen LogP) is 1.74. The van der Waals surface area contributed by atoms with Crippen molar-refractivity contribution in [3.63, 3.8) is 0 Å². The van der Waals surface area contributed by atoms with Gasteiger partial charge >= 0.3 is 5.97 Å². The van der Waals surface area contributed by atoms with Crippen LogP contribution in [-0.4, -0.2) is 122 Å². The van der Waals surface area contributed by atoms with Crippen LogP contribution in [0, 0.1) is 11.3 Å². The zero-order valence-corrected chi connectivity index (χ0v) is 33.3. The number of carbonyl (C=O) groups excluding carboxylic acids is 3. The monoisotopic (exact) mass is 791 g/mol. The van der Waals surface area contributed by atoms with Gasteiger partial charge in [0.2, 0.25) is 11.7 Å². The number of unbranched alkanes of at least 4 members (excludes halogenated alkanes) is 1. The third-order valence-electron chi connectivity index (χ3n) is 10.6. The fourth-order valence-electron chi connectivity index (χ4n) is 7.04. The number of rotatable bonds is 20. The number of nitrogens with one attached hydrogen (secondary N) is 2. The number of methoxy groups -OCH3 is 2. The van der Waals surface area contributed by atoms with Crippen LogP contribution in [-0.2, 0) is 47.6 Å². The molecule has 0 aromatic carbocycles. The van der Waals surface area contributed by atoms with Gasteiger partial charge in [0.25, 0.3) is 5.91 Å². The summed E-state index contributed by atoms with van der Waals surface area (Å²) >= 11 is 0. The molecule has 3 aliphatic rings. The maximum absolute atomic E-state index is 13.5. The van der Waals surface area contributed by atoms with Gasteiger partial charge in [0.05, 0.1) is 18.3 Å². The Balaban J connectivity index is 1.51. The van der Waals surface area contributed by atoms with Crippen LogP contribution in [0.2, 0.25) is 0 Å². The quantitative estimate of drug-likeness (QED) is 0.0257. The first-order chi connectivity index (χ1) is 26.5. The van der Waals surface area contributed by atoms with Gasteiger partial charge in [-0.15, -0.1) is 0 Å². The standard InChI is InChI=1S/C39H61N5O12/c1-23-21-39(52-7,56-25(3)24(23)2)32(47)34(48)44-35-31-30(53-22-54-35)33(51-6)38(4,5)28(55-31)20-26(45)16-13-11-9-8-10-12-14-18-29(46)43-27(36(49)50)17-15-19-42-37(40)41/h8-10,12,14,18,24-25,27-28,30-33,35,47H,1,11,13,15-17,19-22H2,2-7H3,(H,43,46)(H,44,48)(H,49,50)(H4,40,41,42)/b9-8+,12-10+,18-14+/t24-,25-,27+,28-,30?,31?,32-,33-,35?,39-/m1/s1. The number of nitrogens with zero attached hydrogens (tertiary/aromatic N) is 1. The van der Waals surface area contributed by atoms with Gasteiger partial charge in [-0.2, -0.15) is 0 Å². The molecule has 17 nitrogen and oxygen atoms in total. The van der Waals surface area contributed by atoms with Crippen LogP contribution in [0.25, 0.3) is 0 Å². The summed E-state index contributed by atoms with van der Waals surface area (Å²) in [4.78, 5) is 54.1. The van der Waals surface area contributed by atoms with Crippen molar-refractivity contribution in [3.05, 3.63) is 48.6 Å². The van der Waals surface area contributed by atoms with Crippen LogP contribution < -0.4 is 22.1 Å². The number of carboxylic acids is 1. The lowest BCUT2D eigenvalue weighted by Gasteiger charge is -2.54. The molecule has 314 valence electrons. The summed E-state index contributed by atoms with van der Waals surface area (Å²) in [6, 6.07) is -1.07. The van der Waals surface area contributed by atoms with Gasteiger partial charge < -0.3 is 60.7 Å². The molecular formula is C39H61N5O12. The Kier molecular flexibility index (Phi) is 17.8. The number of aliphatic carboxylic acids is 1. The Bertz CT molecular complexity index is 1490. The molecular weight excluding hydrogens is 730 g/mol. The number of ether oxygens (including phenoxy) is 6. The highest BCUT2D eigenvalue weighted by atomic mass is 16.7. The Hall–Kier alpha value is -3.97. The summed E-state index contributed by atoms with van der Waals surface area (Å²) in [7, 11) is 2.93. The normalized spacial score (nSPS) is 30.1. The van der Waals surface area contributed by atoms with Crippen molar-refractivity contribution in [1.29, 1.82) is 0 Å². The van der Waals surface area contributed by atoms with E-state index in [0.717, 1.165) is 5.57 Å². The highest BCUT2D eigenvalue weighted by Crippen LogP contribution is 2.44. The SMILES string of the molecule is C=C1C[C@](OC)([C@H](O)C(=O)NC2OCOC3C2O[C@H](CC(=O)CCC/C=C/C=C/C=C/C(=O)N[C@@H](CCCN=C(N)N)C(=O)O)C(C)(C)[C@@H]3OC)O[C@H](C)[C@@H]1C. The number of Topliss-reactive ketones (excluding diaryl/α,β-unsaturated/α-hetero) is 1. The Morgan fingerprint density at radius 1 is 1.07 bits per heavy atom. The van der Waals surface area contributed by atoms with E-state index in [4.69, 9.17) is 39.9 Å². The zero-order chi connectivity index (χ0) is 41.6. The number of guanidine groups is 1. The number of ketones is 1. The molecule has 3 unspecified atom stereocenters. The van der Waals surface area contributed by atoms with Crippen LogP contribution in [0.4, 0.5) is 0 Å². The smallest absolute Gasteiger partial charge is 0.326 e. The molecule has 0 saturated carbocycles. The number of aliphatic hydroxyl groups is 1. The third-order valence-corrected chi connectivity index (χ3v) is 10.6. The maximum Gasteiger partial charge on any atom is 0.326 e. The van der Waals surface area contributed by atoms with Crippen molar-refractivity contribution in [1.82, 2.24) is 10.6 Å². The minimum Gasteiger partial charge on any atom is -0.480 e. The molecule has 3 heterocycles. The van der Waals surface area contributed by atoms with Crippen molar-refractivity contribution in [3.8, 4) is 0 Å². The first-order valence-electron chi connectivity index (χ1n) is 18.9. The number of fused-ring (bicyclic) bond motifs is 1. The van der Waals surface area contributed by atoms with Crippen LogP contribution in [0.3, 0.4) is 0 Å². The number of hydrogen-bond acceptors (Lipinski definition) is 12. The van der Waals surface area contributed by atoms with E-state index < -0.39 is 71.8 Å². The second-order valence-corrected chi connectivity index (χ2v) is 14.9. The van der Waals surface area contributed by atoms with E-state index in [1.54, 1.807) is 25.3 Å². The molecule has 10 atom stereocenters.